The Hall–Kier alpha value is -5.12. The number of thiophene rings is 1. The van der Waals surface area contributed by atoms with Gasteiger partial charge in [0.25, 0.3) is 0 Å². The summed E-state index contributed by atoms with van der Waals surface area (Å²) in [5.41, 5.74) is 7.11. The summed E-state index contributed by atoms with van der Waals surface area (Å²) in [6.07, 6.45) is 0. The molecule has 0 atom stereocenters. The van der Waals surface area contributed by atoms with Crippen LogP contribution < -0.4 is 4.90 Å². The van der Waals surface area contributed by atoms with Crippen LogP contribution in [-0.4, -0.2) is 19.1 Å². The van der Waals surface area contributed by atoms with Crippen LogP contribution in [0.1, 0.15) is 0 Å². The fraction of sp³-hybridized carbons (Fsp3) is 0. The molecule has 10 rings (SSSR count). The van der Waals surface area contributed by atoms with Crippen molar-refractivity contribution in [3.05, 3.63) is 158 Å². The van der Waals surface area contributed by atoms with Gasteiger partial charge < -0.3 is 0 Å². The molecule has 0 saturated heterocycles. The minimum atomic E-state index is 0.328. The van der Waals surface area contributed by atoms with Crippen molar-refractivity contribution in [2.45, 2.75) is 0 Å². The van der Waals surface area contributed by atoms with E-state index in [0.717, 1.165) is 5.69 Å². The standard InChI is InChI=1S/C42H26N2SSe/c1-2-11-27(12-3-1)44-35-16-7-4-13-30(35)31-23-21-29(26-37(31)44)43(28-22-24-41-34(25-28)32-14-6-9-20-40(32)46-41)36-17-10-19-39-42(36)33-15-5-8-18-38(33)45-39/h1-26H. The van der Waals surface area contributed by atoms with Gasteiger partial charge in [0.1, 0.15) is 0 Å². The summed E-state index contributed by atoms with van der Waals surface area (Å²) in [5, 5.41) is 7.86. The van der Waals surface area contributed by atoms with Crippen LogP contribution >= 0.6 is 11.3 Å². The fourth-order valence-electron chi connectivity index (χ4n) is 7.18. The van der Waals surface area contributed by atoms with Gasteiger partial charge in [0.05, 0.1) is 0 Å². The average Bonchev–Trinajstić information content (AvgIpc) is 3.78. The SMILES string of the molecule is c1ccc(-n2c3ccccc3c3ccc(N(c4ccc5[se]c6ccccc6c5c4)c4cccc5sc6ccccc6c45)cc32)cc1. The van der Waals surface area contributed by atoms with Gasteiger partial charge in [-0.3, -0.25) is 0 Å². The Labute approximate surface area is 275 Å². The summed E-state index contributed by atoms with van der Waals surface area (Å²) in [6.45, 7) is 0. The van der Waals surface area contributed by atoms with E-state index in [1.165, 1.54) is 78.3 Å². The molecule has 216 valence electrons. The number of fused-ring (bicyclic) bond motifs is 9. The zero-order valence-electron chi connectivity index (χ0n) is 24.7. The molecule has 10 aromatic rings. The van der Waals surface area contributed by atoms with Gasteiger partial charge in [0.2, 0.25) is 0 Å². The van der Waals surface area contributed by atoms with Gasteiger partial charge in [-0.15, -0.1) is 0 Å². The number of rotatable bonds is 4. The van der Waals surface area contributed by atoms with Gasteiger partial charge >= 0.3 is 271 Å². The van der Waals surface area contributed by atoms with E-state index in [9.17, 15) is 0 Å². The van der Waals surface area contributed by atoms with Gasteiger partial charge in [-0.1, -0.05) is 6.07 Å². The van der Waals surface area contributed by atoms with E-state index in [1.54, 1.807) is 0 Å². The molecule has 0 aliphatic carbocycles. The number of aromatic nitrogens is 1. The maximum atomic E-state index is 2.49. The number of anilines is 3. The van der Waals surface area contributed by atoms with Crippen molar-refractivity contribution in [3.8, 4) is 5.69 Å². The van der Waals surface area contributed by atoms with Crippen LogP contribution in [0.4, 0.5) is 17.1 Å². The third kappa shape index (κ3) is 3.88. The zero-order chi connectivity index (χ0) is 30.2. The molecule has 4 heteroatoms. The first-order valence-electron chi connectivity index (χ1n) is 15.5. The molecule has 0 saturated carbocycles. The normalized spacial score (nSPS) is 11.9. The van der Waals surface area contributed by atoms with Gasteiger partial charge in [0, 0.05) is 0 Å². The third-order valence-corrected chi connectivity index (χ3v) is 12.7. The summed E-state index contributed by atoms with van der Waals surface area (Å²) in [5.74, 6) is 0. The molecule has 0 fully saturated rings. The third-order valence-electron chi connectivity index (χ3n) is 9.17. The number of hydrogen-bond acceptors (Lipinski definition) is 2. The molecule has 0 aliphatic heterocycles. The molecular formula is C42H26N2SSe. The molecule has 0 aliphatic rings. The molecule has 0 spiro atoms. The topological polar surface area (TPSA) is 8.17 Å². The van der Waals surface area contributed by atoms with Crippen LogP contribution in [0.25, 0.3) is 67.0 Å². The van der Waals surface area contributed by atoms with Crippen molar-refractivity contribution in [1.29, 1.82) is 0 Å². The van der Waals surface area contributed by atoms with Crippen LogP contribution in [-0.2, 0) is 0 Å². The van der Waals surface area contributed by atoms with E-state index >= 15 is 0 Å². The van der Waals surface area contributed by atoms with Crippen LogP contribution in [0.2, 0.25) is 0 Å². The fourth-order valence-corrected chi connectivity index (χ4v) is 10.6. The average molecular weight is 670 g/mol. The molecule has 3 aromatic heterocycles. The van der Waals surface area contributed by atoms with E-state index in [2.05, 4.69) is 167 Å². The maximum absolute atomic E-state index is 2.49. The number of hydrogen-bond donors (Lipinski definition) is 0. The van der Waals surface area contributed by atoms with Crippen molar-refractivity contribution < 1.29 is 0 Å². The molecule has 0 unspecified atom stereocenters. The van der Waals surface area contributed by atoms with Crippen molar-refractivity contribution in [2.75, 3.05) is 4.90 Å². The molecule has 2 nitrogen and oxygen atoms in total. The van der Waals surface area contributed by atoms with E-state index in [0.29, 0.717) is 14.5 Å². The van der Waals surface area contributed by atoms with Gasteiger partial charge in [-0.2, -0.15) is 0 Å². The molecule has 0 radical (unpaired) electrons. The second kappa shape index (κ2) is 10.2. The van der Waals surface area contributed by atoms with Crippen molar-refractivity contribution in [1.82, 2.24) is 4.57 Å². The molecule has 0 N–H and O–H groups in total. The Morgan fingerprint density at radius 1 is 0.457 bits per heavy atom. The minimum absolute atomic E-state index is 0.328. The van der Waals surface area contributed by atoms with Crippen LogP contribution in [0.5, 0.6) is 0 Å². The second-order valence-electron chi connectivity index (χ2n) is 11.8. The Balaban J connectivity index is 1.30. The first kappa shape index (κ1) is 26.1. The monoisotopic (exact) mass is 670 g/mol. The Kier molecular flexibility index (Phi) is 5.79. The first-order valence-corrected chi connectivity index (χ1v) is 18.1. The predicted octanol–water partition coefficient (Wildman–Crippen LogP) is 12.0. The number of para-hydroxylation sites is 2. The van der Waals surface area contributed by atoms with Crippen LogP contribution in [0, 0.1) is 0 Å². The predicted molar refractivity (Wildman–Crippen MR) is 200 cm³/mol. The van der Waals surface area contributed by atoms with E-state index in [1.807, 2.05) is 11.3 Å². The summed E-state index contributed by atoms with van der Waals surface area (Å²) >= 11 is 2.20. The Morgan fingerprint density at radius 3 is 2.04 bits per heavy atom. The van der Waals surface area contributed by atoms with Crippen molar-refractivity contribution in [2.24, 2.45) is 0 Å². The summed E-state index contributed by atoms with van der Waals surface area (Å²) in [4.78, 5) is 2.49. The number of nitrogens with zero attached hydrogens (tertiary/aromatic N) is 2. The molecule has 7 aromatic carbocycles. The van der Waals surface area contributed by atoms with Crippen molar-refractivity contribution in [3.63, 3.8) is 0 Å². The zero-order valence-corrected chi connectivity index (χ0v) is 27.3. The summed E-state index contributed by atoms with van der Waals surface area (Å²) in [6, 6.07) is 58.1. The van der Waals surface area contributed by atoms with Crippen LogP contribution in [0.3, 0.4) is 0 Å². The van der Waals surface area contributed by atoms with Gasteiger partial charge in [-0.05, 0) is 0 Å². The van der Waals surface area contributed by atoms with E-state index < -0.39 is 0 Å². The Morgan fingerprint density at radius 2 is 1.13 bits per heavy atom. The second-order valence-corrected chi connectivity index (χ2v) is 15.1. The Bertz CT molecular complexity index is 2770. The van der Waals surface area contributed by atoms with E-state index in [-0.39, 0.29) is 0 Å². The van der Waals surface area contributed by atoms with E-state index in [4.69, 9.17) is 0 Å². The molecule has 46 heavy (non-hydrogen) atoms. The molecule has 0 amide bonds. The molecule has 3 heterocycles. The number of benzene rings is 7. The first-order chi connectivity index (χ1) is 22.8. The van der Waals surface area contributed by atoms with Gasteiger partial charge in [0.15, 0.2) is 0 Å². The van der Waals surface area contributed by atoms with Crippen molar-refractivity contribution >= 4 is 104 Å². The molecule has 0 bridgehead atoms. The quantitative estimate of drug-likeness (QED) is 0.169. The summed E-state index contributed by atoms with van der Waals surface area (Å²) < 4.78 is 7.95. The van der Waals surface area contributed by atoms with Crippen LogP contribution in [0.15, 0.2) is 158 Å². The van der Waals surface area contributed by atoms with Gasteiger partial charge in [-0.25, -0.2) is 0 Å². The summed E-state index contributed by atoms with van der Waals surface area (Å²) in [7, 11) is 0. The molecular weight excluding hydrogens is 644 g/mol.